The molecule has 1 aliphatic rings. The number of hydrogen-bond donors (Lipinski definition) is 1. The van der Waals surface area contributed by atoms with Crippen LogP contribution in [0, 0.1) is 5.92 Å². The molecule has 1 atom stereocenters. The van der Waals surface area contributed by atoms with E-state index in [0.29, 0.717) is 11.6 Å². The van der Waals surface area contributed by atoms with Crippen molar-refractivity contribution in [1.82, 2.24) is 4.57 Å². The van der Waals surface area contributed by atoms with E-state index in [4.69, 9.17) is 10.5 Å². The molecule has 1 aliphatic heterocycles. The Hall–Kier alpha value is -1.29. The molecule has 15 heavy (non-hydrogen) atoms. The Morgan fingerprint density at radius 1 is 1.60 bits per heavy atom. The highest BCUT2D eigenvalue weighted by atomic mass is 16.5. The summed E-state index contributed by atoms with van der Waals surface area (Å²) in [7, 11) is 0. The fourth-order valence-electron chi connectivity index (χ4n) is 1.86. The maximum atomic E-state index is 11.6. The minimum absolute atomic E-state index is 0.0867. The van der Waals surface area contributed by atoms with E-state index in [9.17, 15) is 4.79 Å². The molecule has 4 heteroatoms. The van der Waals surface area contributed by atoms with Gasteiger partial charge in [-0.05, 0) is 30.9 Å². The molecular formula is C11H16N2O2. The van der Waals surface area contributed by atoms with Crippen LogP contribution >= 0.6 is 0 Å². The third-order valence-electron chi connectivity index (χ3n) is 2.85. The lowest BCUT2D eigenvalue weighted by Gasteiger charge is -2.09. The number of nitrogens with zero attached hydrogens (tertiary/aromatic N) is 1. The van der Waals surface area contributed by atoms with Crippen molar-refractivity contribution in [3.8, 4) is 0 Å². The average Bonchev–Trinajstić information content (AvgIpc) is 2.73. The number of aromatic nitrogens is 1. The van der Waals surface area contributed by atoms with Crippen molar-refractivity contribution in [2.75, 3.05) is 18.9 Å². The maximum Gasteiger partial charge on any atom is 0.273 e. The standard InChI is InChI=1S/C11H16N2O2/c12-10-2-1-5-13(11(10)14)6-3-9-4-7-15-8-9/h1-2,5,9H,3-4,6-8,12H2. The van der Waals surface area contributed by atoms with Crippen LogP contribution in [0.15, 0.2) is 23.1 Å². The van der Waals surface area contributed by atoms with Crippen molar-refractivity contribution in [2.45, 2.75) is 19.4 Å². The summed E-state index contributed by atoms with van der Waals surface area (Å²) in [5.41, 5.74) is 5.78. The van der Waals surface area contributed by atoms with Gasteiger partial charge in [-0.2, -0.15) is 0 Å². The Balaban J connectivity index is 1.98. The first-order valence-electron chi connectivity index (χ1n) is 5.30. The van der Waals surface area contributed by atoms with E-state index in [0.717, 1.165) is 32.6 Å². The van der Waals surface area contributed by atoms with Crippen molar-refractivity contribution < 1.29 is 4.74 Å². The van der Waals surface area contributed by atoms with Crippen LogP contribution in [0.25, 0.3) is 0 Å². The van der Waals surface area contributed by atoms with E-state index < -0.39 is 0 Å². The molecule has 1 unspecified atom stereocenters. The van der Waals surface area contributed by atoms with Gasteiger partial charge in [0.05, 0.1) is 5.69 Å². The second-order valence-electron chi connectivity index (χ2n) is 3.98. The Labute approximate surface area is 88.7 Å². The number of anilines is 1. The van der Waals surface area contributed by atoms with E-state index in [-0.39, 0.29) is 5.56 Å². The van der Waals surface area contributed by atoms with Crippen LogP contribution in [-0.4, -0.2) is 17.8 Å². The molecule has 0 bridgehead atoms. The minimum atomic E-state index is -0.0867. The molecule has 82 valence electrons. The molecule has 1 fully saturated rings. The average molecular weight is 208 g/mol. The van der Waals surface area contributed by atoms with Gasteiger partial charge in [0, 0.05) is 26.0 Å². The van der Waals surface area contributed by atoms with Crippen molar-refractivity contribution >= 4 is 5.69 Å². The lowest BCUT2D eigenvalue weighted by atomic mass is 10.1. The van der Waals surface area contributed by atoms with E-state index in [1.54, 1.807) is 16.8 Å². The Morgan fingerprint density at radius 2 is 2.47 bits per heavy atom. The largest absolute Gasteiger partial charge is 0.394 e. The molecule has 0 spiro atoms. The number of rotatable bonds is 3. The first kappa shape index (κ1) is 10.2. The first-order valence-corrected chi connectivity index (χ1v) is 5.30. The number of ether oxygens (including phenoxy) is 1. The normalized spacial score (nSPS) is 20.7. The van der Waals surface area contributed by atoms with Crippen LogP contribution in [0.3, 0.4) is 0 Å². The monoisotopic (exact) mass is 208 g/mol. The molecule has 0 aliphatic carbocycles. The summed E-state index contributed by atoms with van der Waals surface area (Å²) in [5, 5.41) is 0. The van der Waals surface area contributed by atoms with Gasteiger partial charge < -0.3 is 15.0 Å². The van der Waals surface area contributed by atoms with Crippen molar-refractivity contribution in [3.05, 3.63) is 28.7 Å². The number of nitrogen functional groups attached to an aromatic ring is 1. The van der Waals surface area contributed by atoms with Gasteiger partial charge in [0.25, 0.3) is 5.56 Å². The number of hydrogen-bond acceptors (Lipinski definition) is 3. The molecule has 2 heterocycles. The zero-order valence-electron chi connectivity index (χ0n) is 8.69. The summed E-state index contributed by atoms with van der Waals surface area (Å²) in [4.78, 5) is 11.6. The zero-order valence-corrected chi connectivity index (χ0v) is 8.69. The summed E-state index contributed by atoms with van der Waals surface area (Å²) in [6.45, 7) is 2.42. The molecule has 0 radical (unpaired) electrons. The third kappa shape index (κ3) is 2.39. The van der Waals surface area contributed by atoms with Gasteiger partial charge in [0.1, 0.15) is 0 Å². The number of nitrogens with two attached hydrogens (primary N) is 1. The molecular weight excluding hydrogens is 192 g/mol. The van der Waals surface area contributed by atoms with Gasteiger partial charge >= 0.3 is 0 Å². The lowest BCUT2D eigenvalue weighted by molar-refractivity contribution is 0.183. The SMILES string of the molecule is Nc1cccn(CCC2CCOC2)c1=O. The Kier molecular flexibility index (Phi) is 3.06. The topological polar surface area (TPSA) is 57.2 Å². The van der Waals surface area contributed by atoms with Crippen molar-refractivity contribution in [1.29, 1.82) is 0 Å². The molecule has 0 aromatic carbocycles. The van der Waals surface area contributed by atoms with Crippen LogP contribution in [0.1, 0.15) is 12.8 Å². The molecule has 4 nitrogen and oxygen atoms in total. The zero-order chi connectivity index (χ0) is 10.7. The molecule has 0 amide bonds. The van der Waals surface area contributed by atoms with Gasteiger partial charge in [0.15, 0.2) is 0 Å². The van der Waals surface area contributed by atoms with Crippen molar-refractivity contribution in [2.24, 2.45) is 5.92 Å². The molecule has 1 saturated heterocycles. The smallest absolute Gasteiger partial charge is 0.273 e. The molecule has 2 rings (SSSR count). The molecule has 0 saturated carbocycles. The predicted octanol–water partition coefficient (Wildman–Crippen LogP) is 0.857. The summed E-state index contributed by atoms with van der Waals surface area (Å²) < 4.78 is 6.96. The van der Waals surface area contributed by atoms with Crippen LogP contribution in [0.5, 0.6) is 0 Å². The summed E-state index contributed by atoms with van der Waals surface area (Å²) in [6.07, 6.45) is 3.88. The van der Waals surface area contributed by atoms with Crippen LogP contribution in [-0.2, 0) is 11.3 Å². The fourth-order valence-corrected chi connectivity index (χ4v) is 1.86. The van der Waals surface area contributed by atoms with Crippen LogP contribution in [0.4, 0.5) is 5.69 Å². The minimum Gasteiger partial charge on any atom is -0.394 e. The van der Waals surface area contributed by atoms with E-state index in [1.807, 2.05) is 6.07 Å². The van der Waals surface area contributed by atoms with Gasteiger partial charge in [-0.1, -0.05) is 0 Å². The fraction of sp³-hybridized carbons (Fsp3) is 0.545. The quantitative estimate of drug-likeness (QED) is 0.801. The second-order valence-corrected chi connectivity index (χ2v) is 3.98. The van der Waals surface area contributed by atoms with E-state index in [2.05, 4.69) is 0 Å². The first-order chi connectivity index (χ1) is 7.27. The molecule has 1 aromatic rings. The third-order valence-corrected chi connectivity index (χ3v) is 2.85. The summed E-state index contributed by atoms with van der Waals surface area (Å²) in [5.74, 6) is 0.596. The lowest BCUT2D eigenvalue weighted by Crippen LogP contribution is -2.23. The number of pyridine rings is 1. The molecule has 1 aromatic heterocycles. The highest BCUT2D eigenvalue weighted by Gasteiger charge is 2.15. The highest BCUT2D eigenvalue weighted by Crippen LogP contribution is 2.16. The van der Waals surface area contributed by atoms with Gasteiger partial charge in [0.2, 0.25) is 0 Å². The summed E-state index contributed by atoms with van der Waals surface area (Å²) >= 11 is 0. The van der Waals surface area contributed by atoms with Crippen LogP contribution in [0.2, 0.25) is 0 Å². The molecule has 2 N–H and O–H groups in total. The predicted molar refractivity (Wildman–Crippen MR) is 58.7 cm³/mol. The van der Waals surface area contributed by atoms with E-state index >= 15 is 0 Å². The second kappa shape index (κ2) is 4.49. The summed E-state index contributed by atoms with van der Waals surface area (Å²) in [6, 6.07) is 3.44. The number of aryl methyl sites for hydroxylation is 1. The van der Waals surface area contributed by atoms with Gasteiger partial charge in [-0.15, -0.1) is 0 Å². The van der Waals surface area contributed by atoms with Gasteiger partial charge in [-0.25, -0.2) is 0 Å². The maximum absolute atomic E-state index is 11.6. The van der Waals surface area contributed by atoms with Gasteiger partial charge in [-0.3, -0.25) is 4.79 Å². The Bertz CT molecular complexity index is 380. The van der Waals surface area contributed by atoms with E-state index in [1.165, 1.54) is 0 Å². The van der Waals surface area contributed by atoms with Crippen molar-refractivity contribution in [3.63, 3.8) is 0 Å². The van der Waals surface area contributed by atoms with Crippen LogP contribution < -0.4 is 11.3 Å². The Morgan fingerprint density at radius 3 is 3.20 bits per heavy atom. The highest BCUT2D eigenvalue weighted by molar-refractivity contribution is 5.33.